The third-order valence-electron chi connectivity index (χ3n) is 4.10. The zero-order chi connectivity index (χ0) is 22.4. The monoisotopic (exact) mass is 435 g/mol. The minimum atomic E-state index is -1.48. The minimum Gasteiger partial charge on any atom is -0.480 e. The van der Waals surface area contributed by atoms with Crippen molar-refractivity contribution in [3.63, 3.8) is 0 Å². The topological polar surface area (TPSA) is 197 Å². The molecule has 0 aliphatic rings. The number of rotatable bonds is 15. The Labute approximate surface area is 174 Å². The van der Waals surface area contributed by atoms with Gasteiger partial charge in [-0.1, -0.05) is 0 Å². The number of unbranched alkanes of at least 4 members (excludes halogenated alkanes) is 1. The molecule has 0 aromatic heterocycles. The number of aliphatic carboxylic acids is 1. The highest BCUT2D eigenvalue weighted by Crippen LogP contribution is 2.04. The molecule has 12 heteroatoms. The van der Waals surface area contributed by atoms with Crippen molar-refractivity contribution in [2.75, 3.05) is 25.2 Å². The predicted octanol–water partition coefficient (Wildman–Crippen LogP) is -2.25. The first-order chi connectivity index (χ1) is 13.7. The van der Waals surface area contributed by atoms with Gasteiger partial charge in [0.2, 0.25) is 17.7 Å². The number of carbonyl (C=O) groups is 4. The lowest BCUT2D eigenvalue weighted by Crippen LogP contribution is -2.56. The highest BCUT2D eigenvalue weighted by Gasteiger charge is 2.27. The Morgan fingerprint density at radius 1 is 0.966 bits per heavy atom. The predicted molar refractivity (Wildman–Crippen MR) is 110 cm³/mol. The van der Waals surface area contributed by atoms with E-state index in [4.69, 9.17) is 21.7 Å². The molecular formula is C17H33N5O6S. The van der Waals surface area contributed by atoms with E-state index >= 15 is 0 Å². The van der Waals surface area contributed by atoms with Crippen LogP contribution in [0, 0.1) is 0 Å². The fourth-order valence-corrected chi connectivity index (χ4v) is 2.77. The fraction of sp³-hybridized carbons (Fsp3) is 0.765. The Balaban J connectivity index is 4.94. The number of aliphatic hydroxyl groups excluding tert-OH is 1. The molecule has 3 amide bonds. The van der Waals surface area contributed by atoms with E-state index in [9.17, 15) is 19.2 Å². The lowest BCUT2D eigenvalue weighted by Gasteiger charge is -2.23. The van der Waals surface area contributed by atoms with Crippen molar-refractivity contribution in [2.45, 2.75) is 56.8 Å². The van der Waals surface area contributed by atoms with Gasteiger partial charge >= 0.3 is 5.97 Å². The second-order valence-corrected chi connectivity index (χ2v) is 7.53. The number of hydrogen-bond donors (Lipinski definition) is 7. The average molecular weight is 436 g/mol. The van der Waals surface area contributed by atoms with Gasteiger partial charge < -0.3 is 37.6 Å². The summed E-state index contributed by atoms with van der Waals surface area (Å²) in [4.78, 5) is 47.8. The molecule has 0 saturated heterocycles. The zero-order valence-electron chi connectivity index (χ0n) is 16.8. The van der Waals surface area contributed by atoms with Gasteiger partial charge in [-0.05, 0) is 51.2 Å². The molecule has 29 heavy (non-hydrogen) atoms. The van der Waals surface area contributed by atoms with Crippen LogP contribution in [0.25, 0.3) is 0 Å². The first-order valence-corrected chi connectivity index (χ1v) is 10.8. The summed E-state index contributed by atoms with van der Waals surface area (Å²) in [5.41, 5.74) is 11.3. The number of carboxylic acids is 1. The molecule has 0 saturated carbocycles. The normalized spacial score (nSPS) is 14.9. The van der Waals surface area contributed by atoms with Crippen LogP contribution in [0.2, 0.25) is 0 Å². The molecular weight excluding hydrogens is 402 g/mol. The first-order valence-electron chi connectivity index (χ1n) is 9.37. The standard InChI is InChI=1S/C17H33N5O6S/c1-10(14(24)22-13(9-23)17(27)28)20-16(26)12(5-3-4-7-18)21-15(25)11(19)6-8-29-2/h10-13,23H,3-9,18-19H2,1-2H3,(H,20,26)(H,21,25)(H,22,24)(H,27,28). The summed E-state index contributed by atoms with van der Waals surface area (Å²) in [6.45, 7) is 1.02. The number of carbonyl (C=O) groups excluding carboxylic acids is 3. The summed E-state index contributed by atoms with van der Waals surface area (Å²) in [6.07, 6.45) is 3.91. The minimum absolute atomic E-state index is 0.312. The maximum atomic E-state index is 12.6. The molecule has 11 nitrogen and oxygen atoms in total. The van der Waals surface area contributed by atoms with Crippen molar-refractivity contribution in [1.29, 1.82) is 0 Å². The van der Waals surface area contributed by atoms with Gasteiger partial charge in [-0.25, -0.2) is 4.79 Å². The van der Waals surface area contributed by atoms with Crippen LogP contribution in [0.4, 0.5) is 0 Å². The highest BCUT2D eigenvalue weighted by molar-refractivity contribution is 7.98. The maximum Gasteiger partial charge on any atom is 0.328 e. The van der Waals surface area contributed by atoms with E-state index < -0.39 is 54.5 Å². The molecule has 0 fully saturated rings. The average Bonchev–Trinajstić information content (AvgIpc) is 2.68. The number of thioether (sulfide) groups is 1. The lowest BCUT2D eigenvalue weighted by atomic mass is 10.1. The Hall–Kier alpha value is -1.89. The number of aliphatic hydroxyl groups is 1. The van der Waals surface area contributed by atoms with Crippen LogP contribution in [0.1, 0.15) is 32.6 Å². The molecule has 0 aliphatic heterocycles. The van der Waals surface area contributed by atoms with E-state index in [0.717, 1.165) is 0 Å². The SMILES string of the molecule is CSCCC(N)C(=O)NC(CCCCN)C(=O)NC(C)C(=O)NC(CO)C(=O)O. The van der Waals surface area contributed by atoms with Crippen LogP contribution in [-0.2, 0) is 19.2 Å². The fourth-order valence-electron chi connectivity index (χ4n) is 2.28. The van der Waals surface area contributed by atoms with E-state index in [1.54, 1.807) is 11.8 Å². The Kier molecular flexibility index (Phi) is 14.0. The van der Waals surface area contributed by atoms with Gasteiger partial charge in [0.25, 0.3) is 0 Å². The number of nitrogens with two attached hydrogens (primary N) is 2. The largest absolute Gasteiger partial charge is 0.480 e. The van der Waals surface area contributed by atoms with E-state index in [1.165, 1.54) is 6.92 Å². The van der Waals surface area contributed by atoms with Crippen molar-refractivity contribution >= 4 is 35.5 Å². The van der Waals surface area contributed by atoms with Crippen LogP contribution >= 0.6 is 11.8 Å². The van der Waals surface area contributed by atoms with Gasteiger partial charge in [-0.15, -0.1) is 0 Å². The number of amides is 3. The Morgan fingerprint density at radius 3 is 2.10 bits per heavy atom. The number of nitrogens with one attached hydrogen (secondary N) is 3. The summed E-state index contributed by atoms with van der Waals surface area (Å²) in [6, 6.07) is -4.21. The van der Waals surface area contributed by atoms with Crippen molar-refractivity contribution in [3.05, 3.63) is 0 Å². The van der Waals surface area contributed by atoms with Crippen molar-refractivity contribution < 1.29 is 29.4 Å². The molecule has 0 aromatic carbocycles. The van der Waals surface area contributed by atoms with Crippen LogP contribution in [0.5, 0.6) is 0 Å². The highest BCUT2D eigenvalue weighted by atomic mass is 32.2. The van der Waals surface area contributed by atoms with Gasteiger partial charge in [-0.2, -0.15) is 11.8 Å². The summed E-state index contributed by atoms with van der Waals surface area (Å²) < 4.78 is 0. The lowest BCUT2D eigenvalue weighted by molar-refractivity contribution is -0.143. The third-order valence-corrected chi connectivity index (χ3v) is 4.74. The second-order valence-electron chi connectivity index (χ2n) is 6.55. The van der Waals surface area contributed by atoms with Crippen molar-refractivity contribution in [2.24, 2.45) is 11.5 Å². The van der Waals surface area contributed by atoms with Crippen molar-refractivity contribution in [1.82, 2.24) is 16.0 Å². The van der Waals surface area contributed by atoms with Crippen LogP contribution < -0.4 is 27.4 Å². The molecule has 4 atom stereocenters. The van der Waals surface area contributed by atoms with Gasteiger partial charge in [0.15, 0.2) is 0 Å². The summed E-state index contributed by atoms with van der Waals surface area (Å²) in [5, 5.41) is 25.0. The van der Waals surface area contributed by atoms with E-state index in [0.29, 0.717) is 38.0 Å². The van der Waals surface area contributed by atoms with Gasteiger partial charge in [0, 0.05) is 0 Å². The molecule has 168 valence electrons. The molecule has 0 aromatic rings. The van der Waals surface area contributed by atoms with Crippen LogP contribution in [0.15, 0.2) is 0 Å². The van der Waals surface area contributed by atoms with E-state index in [-0.39, 0.29) is 0 Å². The van der Waals surface area contributed by atoms with Crippen LogP contribution in [-0.4, -0.2) is 83.2 Å². The Morgan fingerprint density at radius 2 is 1.59 bits per heavy atom. The number of hydrogen-bond acceptors (Lipinski definition) is 8. The smallest absolute Gasteiger partial charge is 0.328 e. The molecule has 0 bridgehead atoms. The molecule has 0 radical (unpaired) electrons. The van der Waals surface area contributed by atoms with Gasteiger partial charge in [-0.3, -0.25) is 14.4 Å². The Bertz CT molecular complexity index is 550. The molecule has 0 spiro atoms. The molecule has 4 unspecified atom stereocenters. The van der Waals surface area contributed by atoms with Crippen molar-refractivity contribution in [3.8, 4) is 0 Å². The van der Waals surface area contributed by atoms with Gasteiger partial charge in [0.05, 0.1) is 12.6 Å². The van der Waals surface area contributed by atoms with Gasteiger partial charge in [0.1, 0.15) is 18.1 Å². The quantitative estimate of drug-likeness (QED) is 0.139. The van der Waals surface area contributed by atoms with E-state index in [1.807, 2.05) is 6.26 Å². The zero-order valence-corrected chi connectivity index (χ0v) is 17.7. The molecule has 0 heterocycles. The molecule has 9 N–H and O–H groups in total. The molecule has 0 rings (SSSR count). The summed E-state index contributed by atoms with van der Waals surface area (Å²) in [7, 11) is 0. The molecule has 0 aliphatic carbocycles. The second kappa shape index (κ2) is 15.0. The number of carboxylic acid groups (broad SMARTS) is 1. The summed E-state index contributed by atoms with van der Waals surface area (Å²) >= 11 is 1.55. The van der Waals surface area contributed by atoms with Crippen LogP contribution in [0.3, 0.4) is 0 Å². The third kappa shape index (κ3) is 11.0. The van der Waals surface area contributed by atoms with E-state index in [2.05, 4.69) is 16.0 Å². The first kappa shape index (κ1) is 27.1. The maximum absolute atomic E-state index is 12.6. The summed E-state index contributed by atoms with van der Waals surface area (Å²) in [5.74, 6) is -2.53.